The van der Waals surface area contributed by atoms with Gasteiger partial charge in [-0.05, 0) is 34.1 Å². The molecule has 0 fully saturated rings. The van der Waals surface area contributed by atoms with Crippen LogP contribution in [-0.2, 0) is 4.79 Å². The zero-order valence-electron chi connectivity index (χ0n) is 9.92. The van der Waals surface area contributed by atoms with Crippen LogP contribution in [-0.4, -0.2) is 26.4 Å². The number of carboxylic acids is 1. The van der Waals surface area contributed by atoms with E-state index in [-0.39, 0.29) is 10.9 Å². The van der Waals surface area contributed by atoms with E-state index in [1.165, 1.54) is 29.0 Å². The molecule has 1 N–H and O–H groups in total. The number of carbonyl (C=O) groups is 1. The first kappa shape index (κ1) is 14.7. The Hall–Kier alpha value is -1.67. The highest BCUT2D eigenvalue weighted by Crippen LogP contribution is 2.22. The van der Waals surface area contributed by atoms with Crippen LogP contribution in [0.1, 0.15) is 0 Å². The molecule has 2 rings (SSSR count). The van der Waals surface area contributed by atoms with Gasteiger partial charge in [-0.3, -0.25) is 14.2 Å². The number of hydrogen-bond acceptors (Lipinski definition) is 4. The molecule has 1 aromatic carbocycles. The topological polar surface area (TPSA) is 72.2 Å². The van der Waals surface area contributed by atoms with Crippen molar-refractivity contribution in [3.05, 3.63) is 51.1 Å². The molecule has 8 heteroatoms. The van der Waals surface area contributed by atoms with Crippen molar-refractivity contribution in [1.82, 2.24) is 9.55 Å². The lowest BCUT2D eigenvalue weighted by Gasteiger charge is -2.11. The maximum Gasteiger partial charge on any atom is 0.313 e. The summed E-state index contributed by atoms with van der Waals surface area (Å²) in [5, 5.41) is 8.88. The Morgan fingerprint density at radius 1 is 1.45 bits per heavy atom. The summed E-state index contributed by atoms with van der Waals surface area (Å²) < 4.78 is 15.3. The summed E-state index contributed by atoms with van der Waals surface area (Å²) in [4.78, 5) is 25.6. The largest absolute Gasteiger partial charge is 0.481 e. The number of nitrogens with zero attached hydrogens (tertiary/aromatic N) is 2. The molecule has 0 aliphatic rings. The standard InChI is InChI=1S/C12H8BrFN2O3S/c13-8-2-1-7(5-9(8)14)16-4-3-10(17)15-12(16)20-6-11(18)19/h1-5H,6H2,(H,18,19). The maximum absolute atomic E-state index is 13.5. The van der Waals surface area contributed by atoms with Crippen molar-refractivity contribution in [3.8, 4) is 5.69 Å². The van der Waals surface area contributed by atoms with Crippen LogP contribution in [0.2, 0.25) is 0 Å². The Bertz CT molecular complexity index is 720. The molecule has 0 saturated heterocycles. The van der Waals surface area contributed by atoms with E-state index in [1.807, 2.05) is 0 Å². The van der Waals surface area contributed by atoms with E-state index in [4.69, 9.17) is 5.11 Å². The SMILES string of the molecule is O=C(O)CSc1nc(=O)ccn1-c1ccc(Br)c(F)c1. The minimum Gasteiger partial charge on any atom is -0.481 e. The normalized spacial score (nSPS) is 10.5. The minimum atomic E-state index is -1.03. The first-order valence-corrected chi connectivity index (χ1v) is 7.15. The molecule has 1 heterocycles. The molecule has 0 spiro atoms. The predicted octanol–water partition coefficient (Wildman–Crippen LogP) is 2.31. The molecule has 2 aromatic rings. The van der Waals surface area contributed by atoms with Gasteiger partial charge in [-0.1, -0.05) is 11.8 Å². The molecule has 0 aliphatic heterocycles. The quantitative estimate of drug-likeness (QED) is 0.670. The third-order valence-corrected chi connectivity index (χ3v) is 3.86. The zero-order chi connectivity index (χ0) is 14.7. The van der Waals surface area contributed by atoms with E-state index in [0.29, 0.717) is 10.2 Å². The monoisotopic (exact) mass is 358 g/mol. The summed E-state index contributed by atoms with van der Waals surface area (Å²) in [6, 6.07) is 5.64. The van der Waals surface area contributed by atoms with Gasteiger partial charge in [0.05, 0.1) is 15.9 Å². The third-order valence-electron chi connectivity index (χ3n) is 2.28. The first-order valence-electron chi connectivity index (χ1n) is 5.37. The number of aliphatic carboxylic acids is 1. The van der Waals surface area contributed by atoms with Gasteiger partial charge in [0.1, 0.15) is 5.82 Å². The third kappa shape index (κ3) is 3.45. The highest BCUT2D eigenvalue weighted by Gasteiger charge is 2.10. The predicted molar refractivity (Wildman–Crippen MR) is 75.9 cm³/mol. The van der Waals surface area contributed by atoms with Crippen molar-refractivity contribution in [2.45, 2.75) is 5.16 Å². The molecular formula is C12H8BrFN2O3S. The molecule has 104 valence electrons. The van der Waals surface area contributed by atoms with Crippen LogP contribution in [0.5, 0.6) is 0 Å². The van der Waals surface area contributed by atoms with Crippen LogP contribution in [0.4, 0.5) is 4.39 Å². The van der Waals surface area contributed by atoms with Crippen LogP contribution in [0.25, 0.3) is 5.69 Å². The van der Waals surface area contributed by atoms with Crippen molar-refractivity contribution in [1.29, 1.82) is 0 Å². The van der Waals surface area contributed by atoms with Crippen LogP contribution in [0, 0.1) is 5.82 Å². The number of halogens is 2. The Kier molecular flexibility index (Phi) is 4.56. The summed E-state index contributed by atoms with van der Waals surface area (Å²) in [6.07, 6.45) is 1.43. The van der Waals surface area contributed by atoms with Gasteiger partial charge in [-0.25, -0.2) is 4.39 Å². The number of thioether (sulfide) groups is 1. The number of aromatic nitrogens is 2. The van der Waals surface area contributed by atoms with Gasteiger partial charge in [-0.2, -0.15) is 4.98 Å². The molecule has 20 heavy (non-hydrogen) atoms. The Balaban J connectivity index is 2.46. The molecular weight excluding hydrogens is 351 g/mol. The molecule has 0 unspecified atom stereocenters. The van der Waals surface area contributed by atoms with Crippen LogP contribution < -0.4 is 5.56 Å². The molecule has 0 aliphatic carbocycles. The Morgan fingerprint density at radius 2 is 2.20 bits per heavy atom. The second-order valence-electron chi connectivity index (χ2n) is 3.70. The van der Waals surface area contributed by atoms with Gasteiger partial charge in [0.25, 0.3) is 5.56 Å². The summed E-state index contributed by atoms with van der Waals surface area (Å²) in [5.41, 5.74) is -0.0298. The molecule has 1 aromatic heterocycles. The van der Waals surface area contributed by atoms with E-state index in [1.54, 1.807) is 6.07 Å². The smallest absolute Gasteiger partial charge is 0.313 e. The van der Waals surface area contributed by atoms with E-state index < -0.39 is 17.3 Å². The molecule has 0 amide bonds. The van der Waals surface area contributed by atoms with Gasteiger partial charge in [0.15, 0.2) is 5.16 Å². The number of hydrogen-bond donors (Lipinski definition) is 1. The maximum atomic E-state index is 13.5. The molecule has 0 radical (unpaired) electrons. The highest BCUT2D eigenvalue weighted by molar-refractivity contribution is 9.10. The summed E-state index contributed by atoms with van der Waals surface area (Å²) in [7, 11) is 0. The lowest BCUT2D eigenvalue weighted by atomic mass is 10.3. The second kappa shape index (κ2) is 6.19. The zero-order valence-corrected chi connectivity index (χ0v) is 12.3. The fourth-order valence-corrected chi connectivity index (χ4v) is 2.41. The lowest BCUT2D eigenvalue weighted by Crippen LogP contribution is -2.13. The van der Waals surface area contributed by atoms with Crippen molar-refractivity contribution in [2.75, 3.05) is 5.75 Å². The van der Waals surface area contributed by atoms with Gasteiger partial charge < -0.3 is 5.11 Å². The first-order chi connectivity index (χ1) is 9.47. The Labute approximate surface area is 125 Å². The van der Waals surface area contributed by atoms with E-state index in [0.717, 1.165) is 11.8 Å². The van der Waals surface area contributed by atoms with Crippen LogP contribution in [0.3, 0.4) is 0 Å². The summed E-state index contributed by atoms with van der Waals surface area (Å²) in [6.45, 7) is 0. The average Bonchev–Trinajstić information content (AvgIpc) is 2.40. The fraction of sp³-hybridized carbons (Fsp3) is 0.0833. The molecule has 0 bridgehead atoms. The number of benzene rings is 1. The fourth-order valence-electron chi connectivity index (χ4n) is 1.45. The summed E-state index contributed by atoms with van der Waals surface area (Å²) >= 11 is 3.94. The molecule has 0 atom stereocenters. The van der Waals surface area contributed by atoms with E-state index in [9.17, 15) is 14.0 Å². The summed E-state index contributed by atoms with van der Waals surface area (Å²) in [5.74, 6) is -1.73. The average molecular weight is 359 g/mol. The van der Waals surface area contributed by atoms with Crippen LogP contribution >= 0.6 is 27.7 Å². The minimum absolute atomic E-state index is 0.196. The number of carboxylic acid groups (broad SMARTS) is 1. The molecule has 5 nitrogen and oxygen atoms in total. The van der Waals surface area contributed by atoms with Crippen molar-refractivity contribution in [2.24, 2.45) is 0 Å². The Morgan fingerprint density at radius 3 is 2.85 bits per heavy atom. The van der Waals surface area contributed by atoms with Gasteiger partial charge in [0, 0.05) is 12.3 Å². The van der Waals surface area contributed by atoms with Gasteiger partial charge in [0.2, 0.25) is 0 Å². The van der Waals surface area contributed by atoms with E-state index >= 15 is 0 Å². The second-order valence-corrected chi connectivity index (χ2v) is 5.50. The van der Waals surface area contributed by atoms with Crippen molar-refractivity contribution in [3.63, 3.8) is 0 Å². The molecule has 0 saturated carbocycles. The lowest BCUT2D eigenvalue weighted by molar-refractivity contribution is -0.133. The van der Waals surface area contributed by atoms with Gasteiger partial charge >= 0.3 is 5.97 Å². The number of rotatable bonds is 4. The van der Waals surface area contributed by atoms with Crippen LogP contribution in [0.15, 0.2) is 44.9 Å². The van der Waals surface area contributed by atoms with E-state index in [2.05, 4.69) is 20.9 Å². The van der Waals surface area contributed by atoms with Crippen molar-refractivity contribution < 1.29 is 14.3 Å². The van der Waals surface area contributed by atoms with Gasteiger partial charge in [-0.15, -0.1) is 0 Å². The van der Waals surface area contributed by atoms with Crippen molar-refractivity contribution >= 4 is 33.7 Å². The highest BCUT2D eigenvalue weighted by atomic mass is 79.9.